The van der Waals surface area contributed by atoms with E-state index in [2.05, 4.69) is 9.38 Å². The van der Waals surface area contributed by atoms with E-state index in [-0.39, 0.29) is 0 Å². The zero-order valence-corrected chi connectivity index (χ0v) is 10.6. The number of imidazole rings is 1. The minimum absolute atomic E-state index is 0.315. The maximum absolute atomic E-state index is 5.77. The molecule has 2 aromatic heterocycles. The summed E-state index contributed by atoms with van der Waals surface area (Å²) in [6, 6.07) is 3.98. The van der Waals surface area contributed by atoms with E-state index in [9.17, 15) is 0 Å². The summed E-state index contributed by atoms with van der Waals surface area (Å²) in [5.41, 5.74) is 1.10. The molecular formula is C14H18N2O2. The van der Waals surface area contributed by atoms with Gasteiger partial charge in [0.2, 0.25) is 0 Å². The molecule has 1 saturated heterocycles. The second-order valence-electron chi connectivity index (χ2n) is 4.73. The summed E-state index contributed by atoms with van der Waals surface area (Å²) in [6.07, 6.45) is 8.66. The summed E-state index contributed by atoms with van der Waals surface area (Å²) < 4.78 is 13.1. The number of hydrogen-bond acceptors (Lipinski definition) is 3. The predicted molar refractivity (Wildman–Crippen MR) is 69.0 cm³/mol. The SMILES string of the molecule is COc1ccc2cnc(CC3CCCCO3)n2c1. The van der Waals surface area contributed by atoms with E-state index in [0.29, 0.717) is 6.10 Å². The first-order valence-corrected chi connectivity index (χ1v) is 6.48. The molecule has 4 nitrogen and oxygen atoms in total. The largest absolute Gasteiger partial charge is 0.495 e. The lowest BCUT2D eigenvalue weighted by molar-refractivity contribution is 0.0155. The van der Waals surface area contributed by atoms with Gasteiger partial charge in [-0.25, -0.2) is 4.98 Å². The van der Waals surface area contributed by atoms with Crippen LogP contribution in [0.5, 0.6) is 5.75 Å². The monoisotopic (exact) mass is 246 g/mol. The Kier molecular flexibility index (Phi) is 3.19. The van der Waals surface area contributed by atoms with Gasteiger partial charge in [-0.05, 0) is 31.4 Å². The van der Waals surface area contributed by atoms with Gasteiger partial charge in [0.25, 0.3) is 0 Å². The molecule has 0 saturated carbocycles. The molecule has 0 aliphatic carbocycles. The number of nitrogens with zero attached hydrogens (tertiary/aromatic N) is 2. The number of pyridine rings is 1. The van der Waals surface area contributed by atoms with E-state index in [0.717, 1.165) is 36.5 Å². The normalized spacial score (nSPS) is 20.2. The van der Waals surface area contributed by atoms with Gasteiger partial charge >= 0.3 is 0 Å². The van der Waals surface area contributed by atoms with Gasteiger partial charge in [-0.3, -0.25) is 4.40 Å². The Labute approximate surface area is 107 Å². The molecule has 18 heavy (non-hydrogen) atoms. The fraction of sp³-hybridized carbons (Fsp3) is 0.500. The fourth-order valence-corrected chi connectivity index (χ4v) is 2.47. The standard InChI is InChI=1S/C14H18N2O2/c1-17-13-6-5-11-9-15-14(16(11)10-13)8-12-4-2-3-7-18-12/h5-6,9-10,12H,2-4,7-8H2,1H3. The van der Waals surface area contributed by atoms with Crippen LogP contribution in [0.2, 0.25) is 0 Å². The van der Waals surface area contributed by atoms with Gasteiger partial charge < -0.3 is 9.47 Å². The second-order valence-corrected chi connectivity index (χ2v) is 4.73. The highest BCUT2D eigenvalue weighted by Crippen LogP contribution is 2.19. The number of hydrogen-bond donors (Lipinski definition) is 0. The van der Waals surface area contributed by atoms with E-state index in [4.69, 9.17) is 9.47 Å². The number of aromatic nitrogens is 2. The Morgan fingerprint density at radius 2 is 2.39 bits per heavy atom. The molecule has 1 fully saturated rings. The van der Waals surface area contributed by atoms with Crippen LogP contribution in [0.4, 0.5) is 0 Å². The average molecular weight is 246 g/mol. The third-order valence-corrected chi connectivity index (χ3v) is 3.50. The van der Waals surface area contributed by atoms with Crippen LogP contribution in [0.15, 0.2) is 24.5 Å². The number of rotatable bonds is 3. The molecule has 1 unspecified atom stereocenters. The summed E-state index contributed by atoms with van der Waals surface area (Å²) >= 11 is 0. The topological polar surface area (TPSA) is 35.8 Å². The van der Waals surface area contributed by atoms with Crippen molar-refractivity contribution in [3.63, 3.8) is 0 Å². The van der Waals surface area contributed by atoms with Crippen molar-refractivity contribution in [3.05, 3.63) is 30.4 Å². The Bertz CT molecular complexity index is 530. The van der Waals surface area contributed by atoms with Crippen molar-refractivity contribution in [1.29, 1.82) is 0 Å². The van der Waals surface area contributed by atoms with Crippen molar-refractivity contribution in [2.75, 3.05) is 13.7 Å². The maximum atomic E-state index is 5.77. The van der Waals surface area contributed by atoms with E-state index in [1.807, 2.05) is 24.5 Å². The minimum atomic E-state index is 0.315. The summed E-state index contributed by atoms with van der Waals surface area (Å²) in [6.45, 7) is 0.886. The van der Waals surface area contributed by atoms with Crippen LogP contribution in [-0.4, -0.2) is 29.2 Å². The van der Waals surface area contributed by atoms with E-state index in [1.165, 1.54) is 12.8 Å². The zero-order valence-electron chi connectivity index (χ0n) is 10.6. The molecule has 1 atom stereocenters. The lowest BCUT2D eigenvalue weighted by atomic mass is 10.1. The molecule has 0 amide bonds. The minimum Gasteiger partial charge on any atom is -0.495 e. The van der Waals surface area contributed by atoms with Gasteiger partial charge in [0.05, 0.1) is 31.1 Å². The molecule has 1 aliphatic heterocycles. The van der Waals surface area contributed by atoms with Gasteiger partial charge in [0, 0.05) is 13.0 Å². The Hall–Kier alpha value is -1.55. The first-order valence-electron chi connectivity index (χ1n) is 6.48. The van der Waals surface area contributed by atoms with Gasteiger partial charge in [-0.15, -0.1) is 0 Å². The van der Waals surface area contributed by atoms with Crippen LogP contribution in [0, 0.1) is 0 Å². The zero-order chi connectivity index (χ0) is 12.4. The lowest BCUT2D eigenvalue weighted by Gasteiger charge is -2.21. The van der Waals surface area contributed by atoms with E-state index < -0.39 is 0 Å². The average Bonchev–Trinajstić information content (AvgIpc) is 2.82. The third-order valence-electron chi connectivity index (χ3n) is 3.50. The first-order chi connectivity index (χ1) is 8.86. The predicted octanol–water partition coefficient (Wildman–Crippen LogP) is 2.45. The van der Waals surface area contributed by atoms with Crippen LogP contribution in [0.1, 0.15) is 25.1 Å². The molecule has 0 spiro atoms. The molecule has 2 aromatic rings. The number of methoxy groups -OCH3 is 1. The molecule has 3 heterocycles. The summed E-state index contributed by atoms with van der Waals surface area (Å²) in [5, 5.41) is 0. The quantitative estimate of drug-likeness (QED) is 0.834. The van der Waals surface area contributed by atoms with Crippen LogP contribution in [0.3, 0.4) is 0 Å². The van der Waals surface area contributed by atoms with Gasteiger partial charge in [0.1, 0.15) is 11.6 Å². The Morgan fingerprint density at radius 1 is 1.44 bits per heavy atom. The van der Waals surface area contributed by atoms with Crippen molar-refractivity contribution in [2.24, 2.45) is 0 Å². The smallest absolute Gasteiger partial charge is 0.135 e. The molecule has 0 aromatic carbocycles. The van der Waals surface area contributed by atoms with Crippen molar-refractivity contribution in [3.8, 4) is 5.75 Å². The van der Waals surface area contributed by atoms with Crippen LogP contribution in [-0.2, 0) is 11.2 Å². The number of ether oxygens (including phenoxy) is 2. The van der Waals surface area contributed by atoms with Crippen LogP contribution in [0.25, 0.3) is 5.52 Å². The Morgan fingerprint density at radius 3 is 3.17 bits per heavy atom. The van der Waals surface area contributed by atoms with Gasteiger partial charge in [-0.1, -0.05) is 0 Å². The molecule has 3 rings (SSSR count). The van der Waals surface area contributed by atoms with Gasteiger partial charge in [0.15, 0.2) is 0 Å². The summed E-state index contributed by atoms with van der Waals surface area (Å²) in [7, 11) is 1.68. The lowest BCUT2D eigenvalue weighted by Crippen LogP contribution is -2.22. The highest BCUT2D eigenvalue weighted by Gasteiger charge is 2.17. The molecule has 1 aliphatic rings. The second kappa shape index (κ2) is 4.98. The fourth-order valence-electron chi connectivity index (χ4n) is 2.47. The highest BCUT2D eigenvalue weighted by atomic mass is 16.5. The van der Waals surface area contributed by atoms with Crippen molar-refractivity contribution in [1.82, 2.24) is 9.38 Å². The molecule has 0 N–H and O–H groups in total. The third kappa shape index (κ3) is 2.20. The van der Waals surface area contributed by atoms with Crippen LogP contribution >= 0.6 is 0 Å². The van der Waals surface area contributed by atoms with Gasteiger partial charge in [-0.2, -0.15) is 0 Å². The first kappa shape index (κ1) is 11.5. The van der Waals surface area contributed by atoms with E-state index >= 15 is 0 Å². The summed E-state index contributed by atoms with van der Waals surface area (Å²) in [4.78, 5) is 4.49. The molecule has 0 bridgehead atoms. The summed E-state index contributed by atoms with van der Waals surface area (Å²) in [5.74, 6) is 1.90. The van der Waals surface area contributed by atoms with Crippen molar-refractivity contribution < 1.29 is 9.47 Å². The molecule has 4 heteroatoms. The molecule has 0 radical (unpaired) electrons. The maximum Gasteiger partial charge on any atom is 0.135 e. The van der Waals surface area contributed by atoms with Crippen molar-refractivity contribution >= 4 is 5.52 Å². The highest BCUT2D eigenvalue weighted by molar-refractivity contribution is 5.48. The molecule has 96 valence electrons. The number of fused-ring (bicyclic) bond motifs is 1. The van der Waals surface area contributed by atoms with E-state index in [1.54, 1.807) is 7.11 Å². The van der Waals surface area contributed by atoms with Crippen LogP contribution < -0.4 is 4.74 Å². The Balaban J connectivity index is 1.86. The molecular weight excluding hydrogens is 228 g/mol. The van der Waals surface area contributed by atoms with Crippen molar-refractivity contribution in [2.45, 2.75) is 31.8 Å².